The first-order valence-corrected chi connectivity index (χ1v) is 12.7. The lowest BCUT2D eigenvalue weighted by Gasteiger charge is -2.26. The maximum Gasteiger partial charge on any atom is 0.240 e. The van der Waals surface area contributed by atoms with Crippen LogP contribution in [0.3, 0.4) is 0 Å². The lowest BCUT2D eigenvalue weighted by Crippen LogP contribution is -2.41. The molecule has 0 saturated carbocycles. The summed E-state index contributed by atoms with van der Waals surface area (Å²) in [7, 11) is -3.60. The number of carbonyl (C=O) groups excluding carboxylic acids is 1. The van der Waals surface area contributed by atoms with Gasteiger partial charge in [0.25, 0.3) is 0 Å². The van der Waals surface area contributed by atoms with Crippen molar-refractivity contribution in [3.8, 4) is 0 Å². The summed E-state index contributed by atoms with van der Waals surface area (Å²) in [5.74, 6) is 1.04. The number of amides is 1. The summed E-state index contributed by atoms with van der Waals surface area (Å²) in [6.07, 6.45) is 1.88. The quantitative estimate of drug-likeness (QED) is 0.554. The molecule has 30 heavy (non-hydrogen) atoms. The fourth-order valence-electron chi connectivity index (χ4n) is 3.29. The molecule has 0 radical (unpaired) electrons. The van der Waals surface area contributed by atoms with Crippen molar-refractivity contribution >= 4 is 33.4 Å². The molecule has 0 bridgehead atoms. The molecule has 5 nitrogen and oxygen atoms in total. The minimum atomic E-state index is -3.60. The summed E-state index contributed by atoms with van der Waals surface area (Å²) in [5.41, 5.74) is 4.31. The maximum atomic E-state index is 12.9. The van der Waals surface area contributed by atoms with E-state index >= 15 is 0 Å². The van der Waals surface area contributed by atoms with Crippen molar-refractivity contribution in [3.05, 3.63) is 64.5 Å². The van der Waals surface area contributed by atoms with Crippen molar-refractivity contribution in [1.29, 1.82) is 0 Å². The lowest BCUT2D eigenvalue weighted by molar-refractivity contribution is -0.119. The van der Waals surface area contributed by atoms with Crippen LogP contribution in [0.15, 0.2) is 36.4 Å². The number of nitrogens with zero attached hydrogens (tertiary/aromatic N) is 1. The maximum absolute atomic E-state index is 12.9. The Morgan fingerprint density at radius 1 is 1.10 bits per heavy atom. The van der Waals surface area contributed by atoms with Crippen LogP contribution >= 0.6 is 11.8 Å². The number of hydrogen-bond donors (Lipinski definition) is 1. The number of halogens is 1. The van der Waals surface area contributed by atoms with Crippen LogP contribution in [-0.2, 0) is 20.6 Å². The SMILES string of the molecule is Cc1cc(C)c(N(CC(=O)NCCCSCc2ccc(F)cc2)S(C)(=O)=O)c(C)c1. The van der Waals surface area contributed by atoms with Crippen LogP contribution in [0.25, 0.3) is 0 Å². The number of carbonyl (C=O) groups is 1. The van der Waals surface area contributed by atoms with Gasteiger partial charge in [0.2, 0.25) is 15.9 Å². The summed E-state index contributed by atoms with van der Waals surface area (Å²) < 4.78 is 38.8. The zero-order valence-corrected chi connectivity index (χ0v) is 19.5. The molecule has 164 valence electrons. The minimum absolute atomic E-state index is 0.244. The Morgan fingerprint density at radius 3 is 2.27 bits per heavy atom. The van der Waals surface area contributed by atoms with Gasteiger partial charge in [0.15, 0.2) is 0 Å². The second-order valence-corrected chi connectivity index (χ2v) is 10.4. The number of anilines is 1. The van der Waals surface area contributed by atoms with E-state index in [9.17, 15) is 17.6 Å². The molecule has 0 aliphatic rings. The predicted molar refractivity (Wildman–Crippen MR) is 123 cm³/mol. The fraction of sp³-hybridized carbons (Fsp3) is 0.409. The van der Waals surface area contributed by atoms with Crippen LogP contribution in [0.2, 0.25) is 0 Å². The Labute approximate surface area is 183 Å². The summed E-state index contributed by atoms with van der Waals surface area (Å²) in [4.78, 5) is 12.4. The summed E-state index contributed by atoms with van der Waals surface area (Å²) >= 11 is 1.70. The highest BCUT2D eigenvalue weighted by atomic mass is 32.2. The molecule has 2 rings (SSSR count). The number of nitrogens with one attached hydrogen (secondary N) is 1. The molecule has 8 heteroatoms. The summed E-state index contributed by atoms with van der Waals surface area (Å²) in [6, 6.07) is 10.2. The second kappa shape index (κ2) is 10.8. The van der Waals surface area contributed by atoms with E-state index in [2.05, 4.69) is 5.32 Å². The second-order valence-electron chi connectivity index (χ2n) is 7.40. The van der Waals surface area contributed by atoms with Gasteiger partial charge in [-0.3, -0.25) is 9.10 Å². The molecule has 0 heterocycles. The molecule has 0 aliphatic heterocycles. The number of benzene rings is 2. The topological polar surface area (TPSA) is 66.5 Å². The predicted octanol–water partition coefficient (Wildman–Crippen LogP) is 3.96. The zero-order chi connectivity index (χ0) is 22.3. The third-order valence-electron chi connectivity index (χ3n) is 4.54. The number of hydrogen-bond acceptors (Lipinski definition) is 4. The Morgan fingerprint density at radius 2 is 1.70 bits per heavy atom. The lowest BCUT2D eigenvalue weighted by atomic mass is 10.1. The molecule has 0 saturated heterocycles. The van der Waals surface area contributed by atoms with Crippen molar-refractivity contribution in [3.63, 3.8) is 0 Å². The van der Waals surface area contributed by atoms with E-state index in [1.54, 1.807) is 23.9 Å². The molecule has 0 aromatic heterocycles. The van der Waals surface area contributed by atoms with Crippen LogP contribution < -0.4 is 9.62 Å². The summed E-state index contributed by atoms with van der Waals surface area (Å²) in [6.45, 7) is 5.88. The first kappa shape index (κ1) is 24.2. The third kappa shape index (κ3) is 7.32. The number of sulfonamides is 1. The van der Waals surface area contributed by atoms with Crippen molar-refractivity contribution in [2.24, 2.45) is 0 Å². The Kier molecular flexibility index (Phi) is 8.73. The Bertz CT molecular complexity index is 953. The zero-order valence-electron chi connectivity index (χ0n) is 17.9. The molecule has 0 spiro atoms. The number of aryl methyl sites for hydroxylation is 3. The van der Waals surface area contributed by atoms with Gasteiger partial charge in [-0.25, -0.2) is 12.8 Å². The van der Waals surface area contributed by atoms with Crippen LogP contribution in [0.5, 0.6) is 0 Å². The molecule has 1 amide bonds. The van der Waals surface area contributed by atoms with E-state index in [-0.39, 0.29) is 18.3 Å². The Balaban J connectivity index is 1.85. The largest absolute Gasteiger partial charge is 0.354 e. The van der Waals surface area contributed by atoms with Gasteiger partial charge in [0.1, 0.15) is 12.4 Å². The van der Waals surface area contributed by atoms with Gasteiger partial charge in [-0.1, -0.05) is 29.8 Å². The number of thioether (sulfide) groups is 1. The third-order valence-corrected chi connectivity index (χ3v) is 6.77. The van der Waals surface area contributed by atoms with E-state index in [1.165, 1.54) is 16.4 Å². The molecular formula is C22H29FN2O3S2. The van der Waals surface area contributed by atoms with Gasteiger partial charge < -0.3 is 5.32 Å². The molecule has 2 aromatic rings. The monoisotopic (exact) mass is 452 g/mol. The first-order valence-electron chi connectivity index (χ1n) is 9.72. The molecule has 0 atom stereocenters. The standard InChI is InChI=1S/C22H29FN2O3S2/c1-16-12-17(2)22(18(3)13-16)25(30(4,27)28)14-21(26)24-10-5-11-29-15-19-6-8-20(23)9-7-19/h6-9,12-13H,5,10-11,14-15H2,1-4H3,(H,24,26). The van der Waals surface area contributed by atoms with Crippen LogP contribution in [0, 0.1) is 26.6 Å². The summed E-state index contributed by atoms with van der Waals surface area (Å²) in [5, 5.41) is 2.80. The highest BCUT2D eigenvalue weighted by Crippen LogP contribution is 2.28. The normalized spacial score (nSPS) is 11.4. The molecule has 2 aromatic carbocycles. The molecular weight excluding hydrogens is 423 g/mol. The molecule has 0 aliphatic carbocycles. The first-order chi connectivity index (χ1) is 14.1. The van der Waals surface area contributed by atoms with Gasteiger partial charge in [-0.2, -0.15) is 11.8 Å². The number of rotatable bonds is 10. The van der Waals surface area contributed by atoms with Crippen molar-refractivity contribution < 1.29 is 17.6 Å². The Hall–Kier alpha value is -2.06. The van der Waals surface area contributed by atoms with Gasteiger partial charge in [0, 0.05) is 12.3 Å². The van der Waals surface area contributed by atoms with Gasteiger partial charge in [-0.15, -0.1) is 0 Å². The van der Waals surface area contributed by atoms with Crippen LogP contribution in [0.1, 0.15) is 28.7 Å². The van der Waals surface area contributed by atoms with E-state index in [0.717, 1.165) is 46.4 Å². The van der Waals surface area contributed by atoms with E-state index in [0.29, 0.717) is 12.2 Å². The molecule has 0 unspecified atom stereocenters. The van der Waals surface area contributed by atoms with E-state index < -0.39 is 10.0 Å². The van der Waals surface area contributed by atoms with Gasteiger partial charge >= 0.3 is 0 Å². The highest BCUT2D eigenvalue weighted by molar-refractivity contribution is 7.98. The highest BCUT2D eigenvalue weighted by Gasteiger charge is 2.24. The van der Waals surface area contributed by atoms with Gasteiger partial charge in [0.05, 0.1) is 11.9 Å². The van der Waals surface area contributed by atoms with Crippen molar-refractivity contribution in [1.82, 2.24) is 5.32 Å². The van der Waals surface area contributed by atoms with E-state index in [1.807, 2.05) is 32.9 Å². The van der Waals surface area contributed by atoms with Crippen LogP contribution in [-0.4, -0.2) is 39.4 Å². The smallest absolute Gasteiger partial charge is 0.240 e. The minimum Gasteiger partial charge on any atom is -0.354 e. The molecule has 0 fully saturated rings. The molecule has 1 N–H and O–H groups in total. The fourth-order valence-corrected chi connectivity index (χ4v) is 5.18. The average molecular weight is 453 g/mol. The van der Waals surface area contributed by atoms with Crippen molar-refractivity contribution in [2.75, 3.05) is 29.4 Å². The average Bonchev–Trinajstić information content (AvgIpc) is 2.63. The van der Waals surface area contributed by atoms with Crippen molar-refractivity contribution in [2.45, 2.75) is 32.9 Å². The van der Waals surface area contributed by atoms with E-state index in [4.69, 9.17) is 0 Å². The van der Waals surface area contributed by atoms with Crippen LogP contribution in [0.4, 0.5) is 10.1 Å². The van der Waals surface area contributed by atoms with Gasteiger partial charge in [-0.05, 0) is 61.8 Å².